The molecule has 0 spiro atoms. The fourth-order valence-corrected chi connectivity index (χ4v) is 3.67. The van der Waals surface area contributed by atoms with E-state index in [1.807, 2.05) is 39.8 Å². The number of carbonyl (C=O) groups excluding carboxylic acids is 1. The highest BCUT2D eigenvalue weighted by Gasteiger charge is 2.38. The van der Waals surface area contributed by atoms with Gasteiger partial charge in [0.2, 0.25) is 0 Å². The number of furan rings is 1. The first-order valence-electron chi connectivity index (χ1n) is 9.03. The van der Waals surface area contributed by atoms with Gasteiger partial charge >= 0.3 is 5.97 Å². The second-order valence-electron chi connectivity index (χ2n) is 7.20. The maximum Gasteiger partial charge on any atom is 0.308 e. The molecule has 0 fully saturated rings. The molecule has 0 saturated heterocycles. The number of benzene rings is 1. The van der Waals surface area contributed by atoms with Crippen LogP contribution in [0.25, 0.3) is 0 Å². The Kier molecular flexibility index (Phi) is 5.29. The fourth-order valence-electron chi connectivity index (χ4n) is 3.46. The van der Waals surface area contributed by atoms with Gasteiger partial charge in [-0.1, -0.05) is 12.2 Å². The van der Waals surface area contributed by atoms with Crippen LogP contribution in [0.3, 0.4) is 0 Å². The lowest BCUT2D eigenvalue weighted by Gasteiger charge is -2.38. The number of thiocarbonyl (C=S) groups is 1. The Morgan fingerprint density at radius 1 is 1.30 bits per heavy atom. The number of carbonyl (C=O) groups is 1. The third-order valence-corrected chi connectivity index (χ3v) is 5.80. The van der Waals surface area contributed by atoms with Crippen LogP contribution >= 0.6 is 12.2 Å². The molecule has 0 saturated carbocycles. The van der Waals surface area contributed by atoms with Crippen LogP contribution in [0.15, 0.2) is 22.8 Å². The molecule has 6 heteroatoms. The Morgan fingerprint density at radius 2 is 2.04 bits per heavy atom. The average Bonchev–Trinajstić information content (AvgIpc) is 3.14. The van der Waals surface area contributed by atoms with Crippen molar-refractivity contribution in [1.82, 2.24) is 5.32 Å². The van der Waals surface area contributed by atoms with Gasteiger partial charge in [0, 0.05) is 12.5 Å². The lowest BCUT2D eigenvalue weighted by atomic mass is 9.87. The van der Waals surface area contributed by atoms with Crippen molar-refractivity contribution in [3.8, 4) is 11.5 Å². The third-order valence-electron chi connectivity index (χ3n) is 5.22. The van der Waals surface area contributed by atoms with Gasteiger partial charge in [0.25, 0.3) is 0 Å². The normalized spacial score (nSPS) is 18.4. The number of ether oxygens (including phenoxy) is 2. The van der Waals surface area contributed by atoms with E-state index in [1.165, 1.54) is 6.92 Å². The highest BCUT2D eigenvalue weighted by atomic mass is 32.1. The molecule has 0 amide bonds. The molecule has 1 aromatic heterocycles. The summed E-state index contributed by atoms with van der Waals surface area (Å²) in [5, 5.41) is 3.26. The van der Waals surface area contributed by atoms with Gasteiger partial charge in [-0.2, -0.15) is 0 Å². The summed E-state index contributed by atoms with van der Waals surface area (Å²) in [6.07, 6.45) is 3.19. The van der Waals surface area contributed by atoms with Gasteiger partial charge in [0.15, 0.2) is 5.60 Å². The minimum Gasteiger partial charge on any atom is -0.480 e. The smallest absolute Gasteiger partial charge is 0.308 e. The van der Waals surface area contributed by atoms with Crippen molar-refractivity contribution in [2.45, 2.75) is 59.6 Å². The molecule has 0 bridgehead atoms. The minimum atomic E-state index is -0.596. The zero-order valence-electron chi connectivity index (χ0n) is 16.4. The Morgan fingerprint density at radius 3 is 2.67 bits per heavy atom. The van der Waals surface area contributed by atoms with Crippen molar-refractivity contribution in [3.05, 3.63) is 46.4 Å². The topological polar surface area (TPSA) is 60.7 Å². The molecule has 27 heavy (non-hydrogen) atoms. The van der Waals surface area contributed by atoms with Crippen molar-refractivity contribution in [2.75, 3.05) is 0 Å². The molecule has 1 unspecified atom stereocenters. The Balaban J connectivity index is 1.86. The zero-order chi connectivity index (χ0) is 19.8. The van der Waals surface area contributed by atoms with Gasteiger partial charge in [-0.3, -0.25) is 4.79 Å². The molecule has 144 valence electrons. The van der Waals surface area contributed by atoms with Crippen LogP contribution in [0, 0.1) is 20.8 Å². The van der Waals surface area contributed by atoms with Crippen molar-refractivity contribution < 1.29 is 18.7 Å². The SMILES string of the molecule is CC(=O)Oc1c(C)c(C)c2c(c1C)CCC(C)(C(=S)NCc1ccco1)O2. The molecule has 0 radical (unpaired) electrons. The summed E-state index contributed by atoms with van der Waals surface area (Å²) in [5.41, 5.74) is 3.34. The Labute approximate surface area is 165 Å². The molecule has 0 aliphatic carbocycles. The average molecular weight is 388 g/mol. The van der Waals surface area contributed by atoms with Gasteiger partial charge in [-0.15, -0.1) is 0 Å². The van der Waals surface area contributed by atoms with E-state index in [4.69, 9.17) is 26.1 Å². The van der Waals surface area contributed by atoms with E-state index >= 15 is 0 Å². The van der Waals surface area contributed by atoms with E-state index in [-0.39, 0.29) is 5.97 Å². The molecular formula is C21H25NO4S. The Bertz CT molecular complexity index is 888. The van der Waals surface area contributed by atoms with E-state index in [2.05, 4.69) is 5.32 Å². The van der Waals surface area contributed by atoms with Gasteiger partial charge in [-0.25, -0.2) is 0 Å². The summed E-state index contributed by atoms with van der Waals surface area (Å²) in [6, 6.07) is 3.76. The second kappa shape index (κ2) is 7.35. The quantitative estimate of drug-likeness (QED) is 0.479. The first-order chi connectivity index (χ1) is 12.7. The molecule has 1 aliphatic heterocycles. The van der Waals surface area contributed by atoms with Crippen molar-refractivity contribution in [1.29, 1.82) is 0 Å². The molecule has 2 heterocycles. The van der Waals surface area contributed by atoms with E-state index < -0.39 is 5.60 Å². The lowest BCUT2D eigenvalue weighted by molar-refractivity contribution is -0.132. The zero-order valence-corrected chi connectivity index (χ0v) is 17.2. The van der Waals surface area contributed by atoms with E-state index in [1.54, 1.807) is 6.26 Å². The van der Waals surface area contributed by atoms with Crippen LogP contribution in [0.4, 0.5) is 0 Å². The van der Waals surface area contributed by atoms with Gasteiger partial charge in [0.05, 0.1) is 12.8 Å². The molecule has 1 atom stereocenters. The van der Waals surface area contributed by atoms with Gasteiger partial charge in [0.1, 0.15) is 22.2 Å². The van der Waals surface area contributed by atoms with Gasteiger partial charge < -0.3 is 19.2 Å². The van der Waals surface area contributed by atoms with Crippen LogP contribution in [-0.4, -0.2) is 16.6 Å². The maximum atomic E-state index is 11.5. The molecule has 1 aliphatic rings. The van der Waals surface area contributed by atoms with Crippen LogP contribution in [0.1, 0.15) is 48.3 Å². The van der Waals surface area contributed by atoms with E-state index in [0.29, 0.717) is 17.3 Å². The lowest BCUT2D eigenvalue weighted by Crippen LogP contribution is -2.49. The van der Waals surface area contributed by atoms with Crippen molar-refractivity contribution in [2.24, 2.45) is 0 Å². The predicted molar refractivity (Wildman–Crippen MR) is 107 cm³/mol. The summed E-state index contributed by atoms with van der Waals surface area (Å²) in [4.78, 5) is 12.1. The van der Waals surface area contributed by atoms with Crippen molar-refractivity contribution >= 4 is 23.2 Å². The molecule has 1 aromatic carbocycles. The number of hydrogen-bond donors (Lipinski definition) is 1. The predicted octanol–water partition coefficient (Wildman–Crippen LogP) is 4.33. The standard InChI is InChI=1S/C21H25NO4S/c1-12-13(2)19-17(14(3)18(12)25-15(4)23)8-9-21(5,26-19)20(27)22-11-16-7-6-10-24-16/h6-7,10H,8-9,11H2,1-5H3,(H,22,27). The summed E-state index contributed by atoms with van der Waals surface area (Å²) in [7, 11) is 0. The van der Waals surface area contributed by atoms with Crippen LogP contribution in [-0.2, 0) is 17.8 Å². The highest BCUT2D eigenvalue weighted by Crippen LogP contribution is 2.44. The molecule has 5 nitrogen and oxygen atoms in total. The number of hydrogen-bond acceptors (Lipinski definition) is 5. The molecule has 1 N–H and O–H groups in total. The Hall–Kier alpha value is -2.34. The summed E-state index contributed by atoms with van der Waals surface area (Å²) in [5.74, 6) is 2.00. The largest absolute Gasteiger partial charge is 0.480 e. The minimum absolute atomic E-state index is 0.314. The molecule has 3 rings (SSSR count). The summed E-state index contributed by atoms with van der Waals surface area (Å²) < 4.78 is 17.2. The second-order valence-corrected chi connectivity index (χ2v) is 7.61. The fraction of sp³-hybridized carbons (Fsp3) is 0.429. The van der Waals surface area contributed by atoms with Gasteiger partial charge in [-0.05, 0) is 69.4 Å². The maximum absolute atomic E-state index is 11.5. The number of rotatable bonds is 4. The van der Waals surface area contributed by atoms with Crippen molar-refractivity contribution in [3.63, 3.8) is 0 Å². The first-order valence-corrected chi connectivity index (χ1v) is 9.44. The molecule has 2 aromatic rings. The summed E-state index contributed by atoms with van der Waals surface area (Å²) in [6.45, 7) is 9.88. The number of fused-ring (bicyclic) bond motifs is 1. The van der Waals surface area contributed by atoms with E-state index in [9.17, 15) is 4.79 Å². The van der Waals surface area contributed by atoms with Crippen LogP contribution < -0.4 is 14.8 Å². The monoisotopic (exact) mass is 387 g/mol. The van der Waals surface area contributed by atoms with Crippen LogP contribution in [0.5, 0.6) is 11.5 Å². The van der Waals surface area contributed by atoms with E-state index in [0.717, 1.165) is 46.6 Å². The molecular weight excluding hydrogens is 362 g/mol. The highest BCUT2D eigenvalue weighted by molar-refractivity contribution is 7.80. The summed E-state index contributed by atoms with van der Waals surface area (Å²) >= 11 is 5.63. The third kappa shape index (κ3) is 3.72. The van der Waals surface area contributed by atoms with Crippen LogP contribution in [0.2, 0.25) is 0 Å². The first kappa shape index (κ1) is 19.4. The number of esters is 1. The number of nitrogens with one attached hydrogen (secondary N) is 1.